The number of aromatic nitrogens is 4. The molecule has 0 saturated heterocycles. The predicted octanol–water partition coefficient (Wildman–Crippen LogP) is 4.31. The van der Waals surface area contributed by atoms with Crippen molar-refractivity contribution >= 4 is 28.1 Å². The lowest BCUT2D eigenvalue weighted by Gasteiger charge is -2.02. The number of thiazole rings is 1. The van der Waals surface area contributed by atoms with Gasteiger partial charge in [-0.25, -0.2) is 19.0 Å². The molecule has 0 atom stereocenters. The number of hydrogen-bond donors (Lipinski definition) is 1. The molecule has 0 bridgehead atoms. The first-order valence-corrected chi connectivity index (χ1v) is 9.91. The van der Waals surface area contributed by atoms with E-state index >= 15 is 0 Å². The van der Waals surface area contributed by atoms with Crippen molar-refractivity contribution < 1.29 is 14.1 Å². The van der Waals surface area contributed by atoms with Crippen LogP contribution >= 0.6 is 11.3 Å². The molecule has 0 unspecified atom stereocenters. The van der Waals surface area contributed by atoms with Crippen molar-refractivity contribution in [2.45, 2.75) is 13.8 Å². The summed E-state index contributed by atoms with van der Waals surface area (Å²) in [6.45, 7) is 3.34. The van der Waals surface area contributed by atoms with Gasteiger partial charge in [-0.2, -0.15) is 0 Å². The van der Waals surface area contributed by atoms with Crippen LogP contribution in [0, 0.1) is 29.8 Å². The van der Waals surface area contributed by atoms with Crippen LogP contribution in [-0.2, 0) is 0 Å². The van der Waals surface area contributed by atoms with Crippen molar-refractivity contribution in [3.05, 3.63) is 81.0 Å². The number of carbonyl (C=O) groups is 1. The Balaban J connectivity index is 1.54. The third kappa shape index (κ3) is 4.16. The van der Waals surface area contributed by atoms with Gasteiger partial charge in [0.05, 0.1) is 16.3 Å². The van der Waals surface area contributed by atoms with E-state index in [9.17, 15) is 19.3 Å². The number of aryl methyl sites for hydroxylation is 2. The normalized spacial score (nSPS) is 10.8. The molecule has 31 heavy (non-hydrogen) atoms. The highest BCUT2D eigenvalue weighted by molar-refractivity contribution is 7.14. The molecular weight excluding hydrogens is 423 g/mol. The van der Waals surface area contributed by atoms with Crippen molar-refractivity contribution in [1.82, 2.24) is 19.7 Å². The van der Waals surface area contributed by atoms with Crippen LogP contribution in [0.1, 0.15) is 22.0 Å². The van der Waals surface area contributed by atoms with Crippen molar-refractivity contribution in [2.24, 2.45) is 0 Å². The van der Waals surface area contributed by atoms with Gasteiger partial charge in [-0.15, -0.1) is 16.4 Å². The summed E-state index contributed by atoms with van der Waals surface area (Å²) in [5.74, 6) is -0.536. The molecule has 0 aliphatic rings. The third-order valence-electron chi connectivity index (χ3n) is 4.47. The van der Waals surface area contributed by atoms with E-state index in [1.54, 1.807) is 31.4 Å². The second-order valence-electron chi connectivity index (χ2n) is 6.62. The van der Waals surface area contributed by atoms with Crippen molar-refractivity contribution in [1.29, 1.82) is 0 Å². The molecule has 0 spiro atoms. The number of hydrogen-bond acceptors (Lipinski definition) is 7. The van der Waals surface area contributed by atoms with E-state index in [2.05, 4.69) is 20.4 Å². The number of rotatable bonds is 5. The van der Waals surface area contributed by atoms with Crippen molar-refractivity contribution in [3.8, 4) is 16.9 Å². The standard InChI is InChI=1S/C20H15FN6O3S/c1-11-3-4-13(9-17(11)27(29)30)16-10-31-20(23-16)24-19(28)18-22-12(2)26(25-18)15-7-5-14(21)6-8-15/h3-10H,1-2H3,(H,23,24,28). The quantitative estimate of drug-likeness (QED) is 0.367. The van der Waals surface area contributed by atoms with E-state index in [0.29, 0.717) is 33.5 Å². The van der Waals surface area contributed by atoms with Crippen molar-refractivity contribution in [2.75, 3.05) is 5.32 Å². The zero-order valence-electron chi connectivity index (χ0n) is 16.4. The van der Waals surface area contributed by atoms with E-state index < -0.39 is 10.8 Å². The van der Waals surface area contributed by atoms with Gasteiger partial charge < -0.3 is 0 Å². The number of nitro groups is 1. The Morgan fingerprint density at radius 2 is 1.90 bits per heavy atom. The first kappa shape index (κ1) is 20.3. The summed E-state index contributed by atoms with van der Waals surface area (Å²) in [7, 11) is 0. The predicted molar refractivity (Wildman–Crippen MR) is 113 cm³/mol. The number of amides is 1. The van der Waals surface area contributed by atoms with Crippen molar-refractivity contribution in [3.63, 3.8) is 0 Å². The van der Waals surface area contributed by atoms with Crippen LogP contribution in [0.3, 0.4) is 0 Å². The van der Waals surface area contributed by atoms with Gasteiger partial charge in [0.25, 0.3) is 11.6 Å². The first-order chi connectivity index (χ1) is 14.8. The summed E-state index contributed by atoms with van der Waals surface area (Å²) < 4.78 is 14.6. The lowest BCUT2D eigenvalue weighted by molar-refractivity contribution is -0.385. The summed E-state index contributed by atoms with van der Waals surface area (Å²) in [5, 5.41) is 20.0. The number of nitrogens with zero attached hydrogens (tertiary/aromatic N) is 5. The fourth-order valence-electron chi connectivity index (χ4n) is 2.90. The monoisotopic (exact) mass is 438 g/mol. The molecule has 2 heterocycles. The Morgan fingerprint density at radius 3 is 2.61 bits per heavy atom. The van der Waals surface area contributed by atoms with Gasteiger partial charge in [-0.05, 0) is 38.1 Å². The summed E-state index contributed by atoms with van der Waals surface area (Å²) in [6.07, 6.45) is 0. The van der Waals surface area contributed by atoms with Gasteiger partial charge in [-0.1, -0.05) is 12.1 Å². The molecule has 9 nitrogen and oxygen atoms in total. The second-order valence-corrected chi connectivity index (χ2v) is 7.48. The molecule has 0 aliphatic heterocycles. The zero-order valence-corrected chi connectivity index (χ0v) is 17.2. The van der Waals surface area contributed by atoms with Gasteiger partial charge in [0.1, 0.15) is 11.6 Å². The highest BCUT2D eigenvalue weighted by Gasteiger charge is 2.18. The number of nitro benzene ring substituents is 1. The average Bonchev–Trinajstić information content (AvgIpc) is 3.35. The Labute approximate surface area is 179 Å². The molecule has 0 fully saturated rings. The summed E-state index contributed by atoms with van der Waals surface area (Å²) >= 11 is 1.18. The van der Waals surface area contributed by atoms with Crippen LogP contribution in [0.5, 0.6) is 0 Å². The SMILES string of the molecule is Cc1ccc(-c2csc(NC(=O)c3nc(C)n(-c4ccc(F)cc4)n3)n2)cc1[N+](=O)[O-]. The van der Waals surface area contributed by atoms with E-state index in [0.717, 1.165) is 0 Å². The van der Waals surface area contributed by atoms with Crippen LogP contribution < -0.4 is 5.32 Å². The maximum atomic E-state index is 13.1. The number of anilines is 1. The highest BCUT2D eigenvalue weighted by atomic mass is 32.1. The highest BCUT2D eigenvalue weighted by Crippen LogP contribution is 2.29. The molecule has 0 saturated carbocycles. The molecule has 0 radical (unpaired) electrons. The Morgan fingerprint density at radius 1 is 1.16 bits per heavy atom. The topological polar surface area (TPSA) is 116 Å². The fraction of sp³-hybridized carbons (Fsp3) is 0.100. The summed E-state index contributed by atoms with van der Waals surface area (Å²) in [5.41, 5.74) is 2.20. The molecule has 4 rings (SSSR count). The summed E-state index contributed by atoms with van der Waals surface area (Å²) in [4.78, 5) is 31.8. The van der Waals surface area contributed by atoms with Crippen LogP contribution in [-0.4, -0.2) is 30.6 Å². The van der Waals surface area contributed by atoms with E-state index in [-0.39, 0.29) is 17.3 Å². The van der Waals surface area contributed by atoms with E-state index in [1.165, 1.54) is 46.4 Å². The lowest BCUT2D eigenvalue weighted by Crippen LogP contribution is -2.14. The van der Waals surface area contributed by atoms with Crippen LogP contribution in [0.15, 0.2) is 47.8 Å². The fourth-order valence-corrected chi connectivity index (χ4v) is 3.61. The lowest BCUT2D eigenvalue weighted by atomic mass is 10.1. The molecule has 2 aromatic heterocycles. The second kappa shape index (κ2) is 8.03. The Hall–Kier alpha value is -3.99. The number of halogens is 1. The summed E-state index contributed by atoms with van der Waals surface area (Å²) in [6, 6.07) is 10.5. The van der Waals surface area contributed by atoms with Crippen LogP contribution in [0.4, 0.5) is 15.2 Å². The molecule has 1 N–H and O–H groups in total. The third-order valence-corrected chi connectivity index (χ3v) is 5.23. The molecular formula is C20H15FN6O3S. The van der Waals surface area contributed by atoms with Gasteiger partial charge >= 0.3 is 0 Å². The van der Waals surface area contributed by atoms with E-state index in [1.807, 2.05) is 0 Å². The molecule has 11 heteroatoms. The van der Waals surface area contributed by atoms with E-state index in [4.69, 9.17) is 0 Å². The average molecular weight is 438 g/mol. The largest absolute Gasteiger partial charge is 0.297 e. The minimum absolute atomic E-state index is 0.00194. The minimum atomic E-state index is -0.556. The number of nitrogens with one attached hydrogen (secondary N) is 1. The van der Waals surface area contributed by atoms with Gasteiger partial charge in [0.2, 0.25) is 5.82 Å². The van der Waals surface area contributed by atoms with Crippen LogP contribution in [0.2, 0.25) is 0 Å². The molecule has 4 aromatic rings. The molecule has 0 aliphatic carbocycles. The van der Waals surface area contributed by atoms with Crippen LogP contribution in [0.25, 0.3) is 16.9 Å². The molecule has 1 amide bonds. The Kier molecular flexibility index (Phi) is 5.26. The number of carbonyl (C=O) groups excluding carboxylic acids is 1. The number of benzene rings is 2. The maximum absolute atomic E-state index is 13.1. The van der Waals surface area contributed by atoms with Gasteiger partial charge in [0.15, 0.2) is 5.13 Å². The van der Waals surface area contributed by atoms with Gasteiger partial charge in [0, 0.05) is 22.6 Å². The maximum Gasteiger partial charge on any atom is 0.297 e. The zero-order chi connectivity index (χ0) is 22.1. The van der Waals surface area contributed by atoms with Gasteiger partial charge in [-0.3, -0.25) is 20.2 Å². The molecule has 156 valence electrons. The first-order valence-electron chi connectivity index (χ1n) is 9.04. The minimum Gasteiger partial charge on any atom is -0.295 e. The molecule has 2 aromatic carbocycles. The smallest absolute Gasteiger partial charge is 0.295 e. The Bertz CT molecular complexity index is 1300.